The lowest BCUT2D eigenvalue weighted by atomic mass is 9.77. The first kappa shape index (κ1) is 6.72. The van der Waals surface area contributed by atoms with Gasteiger partial charge >= 0.3 is 0 Å². The molecule has 0 aromatic carbocycles. The first-order chi connectivity index (χ1) is 5.20. The van der Waals surface area contributed by atoms with Crippen LogP contribution in [0.3, 0.4) is 0 Å². The second-order valence-electron chi connectivity index (χ2n) is 3.17. The van der Waals surface area contributed by atoms with Gasteiger partial charge in [0.05, 0.1) is 5.60 Å². The van der Waals surface area contributed by atoms with Crippen molar-refractivity contribution < 1.29 is 5.11 Å². The lowest BCUT2D eigenvalue weighted by Gasteiger charge is -2.40. The van der Waals surface area contributed by atoms with Crippen molar-refractivity contribution in [1.29, 1.82) is 0 Å². The van der Waals surface area contributed by atoms with E-state index in [0.717, 1.165) is 12.8 Å². The van der Waals surface area contributed by atoms with Gasteiger partial charge in [0.1, 0.15) is 6.04 Å². The Bertz CT molecular complexity index is 243. The predicted octanol–water partition coefficient (Wildman–Crippen LogP) is -0.241. The fourth-order valence-electron chi connectivity index (χ4n) is 1.37. The van der Waals surface area contributed by atoms with Crippen LogP contribution >= 0.6 is 0 Å². The zero-order valence-electron chi connectivity index (χ0n) is 6.30. The van der Waals surface area contributed by atoms with Crippen LogP contribution < -0.4 is 0 Å². The first-order valence-corrected chi connectivity index (χ1v) is 3.65. The number of aromatic nitrogens is 4. The van der Waals surface area contributed by atoms with Gasteiger partial charge in [-0.05, 0) is 25.0 Å². The predicted molar refractivity (Wildman–Crippen MR) is 36.7 cm³/mol. The van der Waals surface area contributed by atoms with Crippen LogP contribution in [-0.4, -0.2) is 30.9 Å². The van der Waals surface area contributed by atoms with Gasteiger partial charge in [0, 0.05) is 0 Å². The molecule has 1 aromatic rings. The molecule has 1 aromatic heterocycles. The third-order valence-corrected chi connectivity index (χ3v) is 2.29. The standard InChI is InChI=1S/C6H10N4O/c1-6(11)3-2-5(6)10-8-4-7-9-10/h4-5,11H,2-3H2,1H3. The summed E-state index contributed by atoms with van der Waals surface area (Å²) in [5.41, 5.74) is -0.638. The summed E-state index contributed by atoms with van der Waals surface area (Å²) in [6, 6.07) is 0.0185. The molecule has 0 amide bonds. The Labute approximate surface area is 64.0 Å². The highest BCUT2D eigenvalue weighted by Gasteiger charge is 2.43. The van der Waals surface area contributed by atoms with E-state index >= 15 is 0 Å². The largest absolute Gasteiger partial charge is 0.388 e. The van der Waals surface area contributed by atoms with Crippen LogP contribution in [0, 0.1) is 0 Å². The highest BCUT2D eigenvalue weighted by atomic mass is 16.3. The van der Waals surface area contributed by atoms with Gasteiger partial charge in [0.2, 0.25) is 0 Å². The van der Waals surface area contributed by atoms with E-state index in [2.05, 4.69) is 15.4 Å². The Morgan fingerprint density at radius 3 is 2.91 bits per heavy atom. The molecule has 2 rings (SSSR count). The lowest BCUT2D eigenvalue weighted by Crippen LogP contribution is -2.46. The van der Waals surface area contributed by atoms with Gasteiger partial charge < -0.3 is 5.11 Å². The lowest BCUT2D eigenvalue weighted by molar-refractivity contribution is -0.0795. The van der Waals surface area contributed by atoms with Crippen LogP contribution in [0.15, 0.2) is 6.33 Å². The molecule has 5 heteroatoms. The maximum atomic E-state index is 9.62. The van der Waals surface area contributed by atoms with Gasteiger partial charge in [-0.1, -0.05) is 0 Å². The van der Waals surface area contributed by atoms with Crippen molar-refractivity contribution in [1.82, 2.24) is 20.2 Å². The molecular formula is C6H10N4O. The van der Waals surface area contributed by atoms with Crippen LogP contribution in [-0.2, 0) is 0 Å². The summed E-state index contributed by atoms with van der Waals surface area (Å²) in [6.45, 7) is 1.80. The van der Waals surface area contributed by atoms with E-state index in [-0.39, 0.29) is 6.04 Å². The second kappa shape index (κ2) is 2.01. The van der Waals surface area contributed by atoms with Crippen molar-refractivity contribution in [3.63, 3.8) is 0 Å². The zero-order chi connectivity index (χ0) is 7.90. The van der Waals surface area contributed by atoms with Crippen LogP contribution in [0.2, 0.25) is 0 Å². The molecule has 60 valence electrons. The summed E-state index contributed by atoms with van der Waals surface area (Å²) in [5, 5.41) is 20.8. The van der Waals surface area contributed by atoms with Gasteiger partial charge in [-0.3, -0.25) is 0 Å². The number of rotatable bonds is 1. The minimum atomic E-state index is -0.638. The number of nitrogens with zero attached hydrogens (tertiary/aromatic N) is 4. The number of tetrazole rings is 1. The molecule has 1 N–H and O–H groups in total. The zero-order valence-corrected chi connectivity index (χ0v) is 6.30. The normalized spacial score (nSPS) is 36.7. The van der Waals surface area contributed by atoms with Crippen LogP contribution in [0.1, 0.15) is 25.8 Å². The van der Waals surface area contributed by atoms with E-state index < -0.39 is 5.60 Å². The number of aliphatic hydroxyl groups is 1. The summed E-state index contributed by atoms with van der Waals surface area (Å²) in [7, 11) is 0. The molecule has 2 atom stereocenters. The van der Waals surface area contributed by atoms with Crippen molar-refractivity contribution in [2.24, 2.45) is 0 Å². The third kappa shape index (κ3) is 0.920. The molecule has 0 spiro atoms. The molecule has 1 aliphatic rings. The van der Waals surface area contributed by atoms with Gasteiger partial charge in [-0.2, -0.15) is 4.80 Å². The van der Waals surface area contributed by atoms with Crippen molar-refractivity contribution in [2.75, 3.05) is 0 Å². The van der Waals surface area contributed by atoms with E-state index in [1.54, 1.807) is 6.92 Å². The fraction of sp³-hybridized carbons (Fsp3) is 0.833. The maximum Gasteiger partial charge on any atom is 0.162 e. The van der Waals surface area contributed by atoms with E-state index in [9.17, 15) is 5.11 Å². The molecule has 11 heavy (non-hydrogen) atoms. The topological polar surface area (TPSA) is 63.8 Å². The molecule has 0 aliphatic heterocycles. The summed E-state index contributed by atoms with van der Waals surface area (Å²) >= 11 is 0. The smallest absolute Gasteiger partial charge is 0.162 e. The van der Waals surface area contributed by atoms with Crippen molar-refractivity contribution >= 4 is 0 Å². The first-order valence-electron chi connectivity index (χ1n) is 3.65. The molecule has 5 nitrogen and oxygen atoms in total. The number of hydrogen-bond donors (Lipinski definition) is 1. The van der Waals surface area contributed by atoms with E-state index in [0.29, 0.717) is 0 Å². The molecular weight excluding hydrogens is 144 g/mol. The Morgan fingerprint density at radius 1 is 1.73 bits per heavy atom. The Balaban J connectivity index is 2.20. The fourth-order valence-corrected chi connectivity index (χ4v) is 1.37. The molecule has 0 bridgehead atoms. The summed E-state index contributed by atoms with van der Waals surface area (Å²) in [4.78, 5) is 1.48. The maximum absolute atomic E-state index is 9.62. The monoisotopic (exact) mass is 154 g/mol. The Kier molecular flexibility index (Phi) is 1.23. The summed E-state index contributed by atoms with van der Waals surface area (Å²) in [5.74, 6) is 0. The Morgan fingerprint density at radius 2 is 2.55 bits per heavy atom. The van der Waals surface area contributed by atoms with Crippen LogP contribution in [0.25, 0.3) is 0 Å². The van der Waals surface area contributed by atoms with Crippen molar-refractivity contribution in [3.05, 3.63) is 6.33 Å². The summed E-state index contributed by atoms with van der Waals surface area (Å²) < 4.78 is 0. The quantitative estimate of drug-likeness (QED) is 0.606. The minimum Gasteiger partial charge on any atom is -0.388 e. The van der Waals surface area contributed by atoms with Gasteiger partial charge in [0.15, 0.2) is 6.33 Å². The van der Waals surface area contributed by atoms with Crippen LogP contribution in [0.5, 0.6) is 0 Å². The number of hydrogen-bond acceptors (Lipinski definition) is 4. The van der Waals surface area contributed by atoms with Crippen molar-refractivity contribution in [3.8, 4) is 0 Å². The second-order valence-corrected chi connectivity index (χ2v) is 3.17. The molecule has 2 unspecified atom stereocenters. The van der Waals surface area contributed by atoms with Gasteiger partial charge in [-0.15, -0.1) is 10.2 Å². The molecule has 1 saturated carbocycles. The van der Waals surface area contributed by atoms with E-state index in [1.165, 1.54) is 11.1 Å². The average molecular weight is 154 g/mol. The van der Waals surface area contributed by atoms with Crippen LogP contribution in [0.4, 0.5) is 0 Å². The van der Waals surface area contributed by atoms with E-state index in [1.807, 2.05) is 0 Å². The average Bonchev–Trinajstić information content (AvgIpc) is 2.38. The highest BCUT2D eigenvalue weighted by Crippen LogP contribution is 2.40. The summed E-state index contributed by atoms with van der Waals surface area (Å²) in [6.07, 6.45) is 3.14. The SMILES string of the molecule is CC1(O)CCC1n1ncnn1. The van der Waals surface area contributed by atoms with Gasteiger partial charge in [0.25, 0.3) is 0 Å². The van der Waals surface area contributed by atoms with Gasteiger partial charge in [-0.25, -0.2) is 0 Å². The highest BCUT2D eigenvalue weighted by molar-refractivity contribution is 4.94. The molecule has 0 saturated heterocycles. The Hall–Kier alpha value is -0.970. The molecule has 0 radical (unpaired) electrons. The third-order valence-electron chi connectivity index (χ3n) is 2.29. The minimum absolute atomic E-state index is 0.0185. The molecule has 1 fully saturated rings. The van der Waals surface area contributed by atoms with Crippen molar-refractivity contribution in [2.45, 2.75) is 31.4 Å². The molecule has 1 heterocycles. The molecule has 1 aliphatic carbocycles. The van der Waals surface area contributed by atoms with E-state index in [4.69, 9.17) is 0 Å².